The minimum atomic E-state index is 0.269. The molecule has 1 heterocycles. The van der Waals surface area contributed by atoms with Crippen molar-refractivity contribution in [3.63, 3.8) is 0 Å². The van der Waals surface area contributed by atoms with Crippen molar-refractivity contribution in [1.82, 2.24) is 20.8 Å². The van der Waals surface area contributed by atoms with Gasteiger partial charge in [0.05, 0.1) is 6.04 Å². The monoisotopic (exact) mass is 388 g/mol. The largest absolute Gasteiger partial charge is 0.302 e. The van der Waals surface area contributed by atoms with Crippen molar-refractivity contribution in [2.45, 2.75) is 18.9 Å². The summed E-state index contributed by atoms with van der Waals surface area (Å²) in [5.41, 5.74) is 7.32. The van der Waals surface area contributed by atoms with E-state index in [0.717, 1.165) is 57.1 Å². The first-order valence-electron chi connectivity index (χ1n) is 9.66. The third-order valence-electron chi connectivity index (χ3n) is 5.18. The first-order valence-corrected chi connectivity index (χ1v) is 10.0. The fourth-order valence-corrected chi connectivity index (χ4v) is 3.87. The smallest absolute Gasteiger partial charge is 0.0602 e. The van der Waals surface area contributed by atoms with Gasteiger partial charge in [0.25, 0.3) is 0 Å². The molecule has 1 saturated heterocycles. The summed E-state index contributed by atoms with van der Waals surface area (Å²) in [6, 6.07) is 19.3. The summed E-state index contributed by atoms with van der Waals surface area (Å²) in [6.45, 7) is 6.17. The third kappa shape index (κ3) is 6.01. The Morgan fingerprint density at radius 2 is 1.56 bits per heavy atom. The van der Waals surface area contributed by atoms with Crippen molar-refractivity contribution in [3.05, 3.63) is 70.7 Å². The van der Waals surface area contributed by atoms with Crippen LogP contribution in [0.3, 0.4) is 0 Å². The van der Waals surface area contributed by atoms with Gasteiger partial charge in [-0.3, -0.25) is 4.90 Å². The summed E-state index contributed by atoms with van der Waals surface area (Å²) in [4.78, 5) is 5.11. The van der Waals surface area contributed by atoms with Gasteiger partial charge in [-0.25, -0.2) is 5.43 Å². The SMILES string of the molecule is ONNCCCCN1CCN([C@H](c2ccccc2)c2ccc(Cl)cc2)CC1. The van der Waals surface area contributed by atoms with Crippen LogP contribution in [0.2, 0.25) is 5.02 Å². The Morgan fingerprint density at radius 1 is 0.889 bits per heavy atom. The zero-order valence-corrected chi connectivity index (χ0v) is 16.4. The van der Waals surface area contributed by atoms with E-state index in [9.17, 15) is 0 Å². The van der Waals surface area contributed by atoms with Gasteiger partial charge in [-0.2, -0.15) is 0 Å². The molecular formula is C21H29ClN4O. The minimum Gasteiger partial charge on any atom is -0.302 e. The minimum absolute atomic E-state index is 0.269. The van der Waals surface area contributed by atoms with Crippen LogP contribution in [-0.4, -0.2) is 54.3 Å². The lowest BCUT2D eigenvalue weighted by Gasteiger charge is -2.40. The predicted octanol–water partition coefficient (Wildman–Crippen LogP) is 3.31. The van der Waals surface area contributed by atoms with Crippen molar-refractivity contribution in [2.24, 2.45) is 0 Å². The molecule has 0 spiro atoms. The van der Waals surface area contributed by atoms with E-state index in [1.54, 1.807) is 0 Å². The molecule has 27 heavy (non-hydrogen) atoms. The van der Waals surface area contributed by atoms with Gasteiger partial charge in [-0.15, -0.1) is 5.59 Å². The van der Waals surface area contributed by atoms with Crippen LogP contribution < -0.4 is 11.0 Å². The third-order valence-corrected chi connectivity index (χ3v) is 5.43. The Kier molecular flexibility index (Phi) is 8.08. The average Bonchev–Trinajstić information content (AvgIpc) is 2.71. The van der Waals surface area contributed by atoms with Crippen molar-refractivity contribution in [3.8, 4) is 0 Å². The Hall–Kier alpha value is -1.47. The van der Waals surface area contributed by atoms with E-state index in [4.69, 9.17) is 16.8 Å². The van der Waals surface area contributed by atoms with Crippen LogP contribution in [0.4, 0.5) is 0 Å². The molecule has 0 saturated carbocycles. The van der Waals surface area contributed by atoms with E-state index in [0.29, 0.717) is 0 Å². The summed E-state index contributed by atoms with van der Waals surface area (Å²) < 4.78 is 0. The number of hydrogen-bond acceptors (Lipinski definition) is 5. The molecule has 3 rings (SSSR count). The number of benzene rings is 2. The molecule has 0 bridgehead atoms. The number of rotatable bonds is 9. The molecule has 146 valence electrons. The van der Waals surface area contributed by atoms with Gasteiger partial charge in [0, 0.05) is 37.7 Å². The average molecular weight is 389 g/mol. The lowest BCUT2D eigenvalue weighted by molar-refractivity contribution is 0.105. The van der Waals surface area contributed by atoms with Gasteiger partial charge in [-0.1, -0.05) is 54.1 Å². The Bertz CT molecular complexity index is 660. The second-order valence-corrected chi connectivity index (χ2v) is 7.42. The maximum Gasteiger partial charge on any atom is 0.0602 e. The molecule has 0 amide bonds. The van der Waals surface area contributed by atoms with Crippen LogP contribution in [0.1, 0.15) is 30.0 Å². The molecular weight excluding hydrogens is 360 g/mol. The van der Waals surface area contributed by atoms with Gasteiger partial charge in [0.2, 0.25) is 0 Å². The molecule has 0 aliphatic carbocycles. The maximum atomic E-state index is 8.51. The van der Waals surface area contributed by atoms with Crippen molar-refractivity contribution in [1.29, 1.82) is 0 Å². The second-order valence-electron chi connectivity index (χ2n) is 6.99. The van der Waals surface area contributed by atoms with Crippen LogP contribution in [0.15, 0.2) is 54.6 Å². The fraction of sp³-hybridized carbons (Fsp3) is 0.429. The fourth-order valence-electron chi connectivity index (χ4n) is 3.74. The lowest BCUT2D eigenvalue weighted by Crippen LogP contribution is -2.48. The summed E-state index contributed by atoms with van der Waals surface area (Å²) in [5, 5.41) is 9.29. The molecule has 3 N–H and O–H groups in total. The maximum absolute atomic E-state index is 8.51. The van der Waals surface area contributed by atoms with E-state index in [2.05, 4.69) is 57.7 Å². The van der Waals surface area contributed by atoms with Crippen LogP contribution in [0.25, 0.3) is 0 Å². The Balaban J connectivity index is 1.61. The predicted molar refractivity (Wildman–Crippen MR) is 110 cm³/mol. The first kappa shape index (κ1) is 20.3. The summed E-state index contributed by atoms with van der Waals surface area (Å²) >= 11 is 6.10. The molecule has 1 aliphatic heterocycles. The van der Waals surface area contributed by atoms with Crippen molar-refractivity contribution >= 4 is 11.6 Å². The molecule has 0 radical (unpaired) electrons. The molecule has 1 atom stereocenters. The van der Waals surface area contributed by atoms with Gasteiger partial charge in [0.15, 0.2) is 0 Å². The van der Waals surface area contributed by atoms with E-state index < -0.39 is 0 Å². The number of piperazine rings is 1. The van der Waals surface area contributed by atoms with Gasteiger partial charge in [-0.05, 0) is 42.6 Å². The van der Waals surface area contributed by atoms with Gasteiger partial charge >= 0.3 is 0 Å². The molecule has 5 nitrogen and oxygen atoms in total. The standard InChI is InChI=1S/C21H29ClN4O/c22-20-10-8-19(9-11-20)21(18-6-2-1-3-7-18)26-16-14-25(15-17-26)13-5-4-12-23-24-27/h1-3,6-11,21,23-24,27H,4-5,12-17H2/t21-/m1/s1. The van der Waals surface area contributed by atoms with Crippen molar-refractivity contribution in [2.75, 3.05) is 39.3 Å². The lowest BCUT2D eigenvalue weighted by atomic mass is 9.96. The van der Waals surface area contributed by atoms with E-state index in [1.165, 1.54) is 11.1 Å². The van der Waals surface area contributed by atoms with E-state index >= 15 is 0 Å². The molecule has 2 aromatic rings. The quantitative estimate of drug-likeness (QED) is 0.454. The first-order chi connectivity index (χ1) is 13.3. The highest BCUT2D eigenvalue weighted by atomic mass is 35.5. The van der Waals surface area contributed by atoms with Crippen LogP contribution >= 0.6 is 11.6 Å². The summed E-state index contributed by atoms with van der Waals surface area (Å²) in [6.07, 6.45) is 2.18. The zero-order chi connectivity index (χ0) is 18.9. The Labute approximate surface area is 166 Å². The van der Waals surface area contributed by atoms with Gasteiger partial charge in [0.1, 0.15) is 0 Å². The summed E-state index contributed by atoms with van der Waals surface area (Å²) in [7, 11) is 0. The zero-order valence-electron chi connectivity index (χ0n) is 15.6. The molecule has 6 heteroatoms. The number of nitrogens with one attached hydrogen (secondary N) is 2. The Morgan fingerprint density at radius 3 is 2.22 bits per heavy atom. The van der Waals surface area contributed by atoms with E-state index in [-0.39, 0.29) is 6.04 Å². The number of unbranched alkanes of at least 4 members (excludes halogenated alkanes) is 1. The normalized spacial score (nSPS) is 17.1. The van der Waals surface area contributed by atoms with E-state index in [1.807, 2.05) is 17.7 Å². The number of hydrazine groups is 1. The molecule has 0 aromatic heterocycles. The highest BCUT2D eigenvalue weighted by Crippen LogP contribution is 2.30. The highest BCUT2D eigenvalue weighted by Gasteiger charge is 2.26. The van der Waals surface area contributed by atoms with Crippen LogP contribution in [0, 0.1) is 0 Å². The molecule has 1 aliphatic rings. The molecule has 1 fully saturated rings. The summed E-state index contributed by atoms with van der Waals surface area (Å²) in [5.74, 6) is 0. The van der Waals surface area contributed by atoms with Crippen LogP contribution in [0.5, 0.6) is 0 Å². The highest BCUT2D eigenvalue weighted by molar-refractivity contribution is 6.30. The number of halogens is 1. The molecule has 0 unspecified atom stereocenters. The van der Waals surface area contributed by atoms with Crippen LogP contribution in [-0.2, 0) is 0 Å². The number of nitrogens with zero attached hydrogens (tertiary/aromatic N) is 2. The van der Waals surface area contributed by atoms with Gasteiger partial charge < -0.3 is 10.1 Å². The van der Waals surface area contributed by atoms with Crippen molar-refractivity contribution < 1.29 is 5.21 Å². The topological polar surface area (TPSA) is 50.8 Å². The molecule has 2 aromatic carbocycles. The number of hydrogen-bond donors (Lipinski definition) is 3. The second kappa shape index (κ2) is 10.8.